The van der Waals surface area contributed by atoms with Gasteiger partial charge in [-0.15, -0.1) is 0 Å². The van der Waals surface area contributed by atoms with Crippen LogP contribution in [0.25, 0.3) is 0 Å². The van der Waals surface area contributed by atoms with Gasteiger partial charge in [-0.05, 0) is 35.7 Å². The SMILES string of the molecule is CCC(C)(C(=O)NCc1ccsc1)C(N)=S. The maximum atomic E-state index is 12.0. The zero-order valence-corrected chi connectivity index (χ0v) is 11.1. The molecule has 0 fully saturated rings. The molecule has 1 aromatic rings. The van der Waals surface area contributed by atoms with Crippen molar-refractivity contribution in [1.29, 1.82) is 0 Å². The molecule has 1 aromatic heterocycles. The number of hydrogen-bond acceptors (Lipinski definition) is 3. The first-order valence-electron chi connectivity index (χ1n) is 5.10. The zero-order chi connectivity index (χ0) is 12.2. The van der Waals surface area contributed by atoms with E-state index in [0.717, 1.165) is 5.56 Å². The Bertz CT molecular complexity index is 375. The van der Waals surface area contributed by atoms with Gasteiger partial charge < -0.3 is 11.1 Å². The molecule has 1 amide bonds. The van der Waals surface area contributed by atoms with E-state index < -0.39 is 5.41 Å². The number of nitrogens with one attached hydrogen (secondary N) is 1. The average molecular weight is 256 g/mol. The molecule has 5 heteroatoms. The average Bonchev–Trinajstić information content (AvgIpc) is 2.77. The van der Waals surface area contributed by atoms with Gasteiger partial charge in [0.15, 0.2) is 0 Å². The highest BCUT2D eigenvalue weighted by molar-refractivity contribution is 7.80. The van der Waals surface area contributed by atoms with Crippen molar-refractivity contribution in [3.8, 4) is 0 Å². The van der Waals surface area contributed by atoms with Gasteiger partial charge in [0.25, 0.3) is 0 Å². The minimum Gasteiger partial charge on any atom is -0.392 e. The molecule has 0 aliphatic heterocycles. The molecule has 0 spiro atoms. The highest BCUT2D eigenvalue weighted by Gasteiger charge is 2.34. The summed E-state index contributed by atoms with van der Waals surface area (Å²) in [4.78, 5) is 12.2. The Kier molecular flexibility index (Phi) is 4.44. The summed E-state index contributed by atoms with van der Waals surface area (Å²) < 4.78 is 0. The maximum absolute atomic E-state index is 12.0. The molecule has 3 nitrogen and oxygen atoms in total. The van der Waals surface area contributed by atoms with E-state index in [1.807, 2.05) is 23.8 Å². The van der Waals surface area contributed by atoms with E-state index in [4.69, 9.17) is 18.0 Å². The minimum absolute atomic E-state index is 0.103. The Hall–Kier alpha value is -0.940. The van der Waals surface area contributed by atoms with Crippen molar-refractivity contribution in [3.05, 3.63) is 22.4 Å². The first kappa shape index (κ1) is 13.1. The van der Waals surface area contributed by atoms with E-state index in [1.54, 1.807) is 18.3 Å². The van der Waals surface area contributed by atoms with Gasteiger partial charge in [-0.2, -0.15) is 11.3 Å². The Labute approximate surface area is 105 Å². The second-order valence-electron chi connectivity index (χ2n) is 3.86. The van der Waals surface area contributed by atoms with Crippen LogP contribution in [-0.4, -0.2) is 10.9 Å². The fourth-order valence-electron chi connectivity index (χ4n) is 1.22. The molecule has 0 aliphatic carbocycles. The third-order valence-electron chi connectivity index (χ3n) is 2.79. The number of carbonyl (C=O) groups is 1. The van der Waals surface area contributed by atoms with E-state index >= 15 is 0 Å². The van der Waals surface area contributed by atoms with E-state index in [0.29, 0.717) is 13.0 Å². The summed E-state index contributed by atoms with van der Waals surface area (Å²) in [5, 5.41) is 6.84. The van der Waals surface area contributed by atoms with Crippen molar-refractivity contribution in [3.63, 3.8) is 0 Å². The summed E-state index contributed by atoms with van der Waals surface area (Å²) in [5.74, 6) is -0.103. The van der Waals surface area contributed by atoms with Crippen LogP contribution in [0.15, 0.2) is 16.8 Å². The van der Waals surface area contributed by atoms with Crippen LogP contribution < -0.4 is 11.1 Å². The van der Waals surface area contributed by atoms with Crippen molar-refractivity contribution in [2.24, 2.45) is 11.1 Å². The van der Waals surface area contributed by atoms with Crippen molar-refractivity contribution >= 4 is 34.5 Å². The van der Waals surface area contributed by atoms with Gasteiger partial charge in [-0.1, -0.05) is 19.1 Å². The van der Waals surface area contributed by atoms with Crippen LogP contribution in [0.1, 0.15) is 25.8 Å². The van der Waals surface area contributed by atoms with Crippen LogP contribution in [-0.2, 0) is 11.3 Å². The molecule has 0 saturated carbocycles. The summed E-state index contributed by atoms with van der Waals surface area (Å²) in [6.07, 6.45) is 0.609. The van der Waals surface area contributed by atoms with Gasteiger partial charge >= 0.3 is 0 Å². The van der Waals surface area contributed by atoms with Crippen molar-refractivity contribution in [2.45, 2.75) is 26.8 Å². The van der Waals surface area contributed by atoms with Crippen LogP contribution in [0, 0.1) is 5.41 Å². The van der Waals surface area contributed by atoms with Crippen LogP contribution in [0.5, 0.6) is 0 Å². The van der Waals surface area contributed by atoms with E-state index in [1.165, 1.54) is 0 Å². The van der Waals surface area contributed by atoms with Gasteiger partial charge in [0.1, 0.15) is 0 Å². The Balaban J connectivity index is 2.60. The number of thiophene rings is 1. The van der Waals surface area contributed by atoms with E-state index in [-0.39, 0.29) is 10.9 Å². The highest BCUT2D eigenvalue weighted by atomic mass is 32.1. The monoisotopic (exact) mass is 256 g/mol. The number of nitrogens with two attached hydrogens (primary N) is 1. The topological polar surface area (TPSA) is 55.1 Å². The van der Waals surface area contributed by atoms with E-state index in [2.05, 4.69) is 5.32 Å². The van der Waals surface area contributed by atoms with E-state index in [9.17, 15) is 4.79 Å². The first-order chi connectivity index (χ1) is 7.50. The molecule has 1 unspecified atom stereocenters. The molecule has 0 radical (unpaired) electrons. The zero-order valence-electron chi connectivity index (χ0n) is 9.45. The van der Waals surface area contributed by atoms with Crippen molar-refractivity contribution in [1.82, 2.24) is 5.32 Å². The molecule has 0 aromatic carbocycles. The fraction of sp³-hybridized carbons (Fsp3) is 0.455. The Morgan fingerprint density at radius 3 is 2.81 bits per heavy atom. The van der Waals surface area contributed by atoms with Crippen LogP contribution in [0.3, 0.4) is 0 Å². The fourth-order valence-corrected chi connectivity index (χ4v) is 2.12. The van der Waals surface area contributed by atoms with Gasteiger partial charge in [0, 0.05) is 6.54 Å². The second-order valence-corrected chi connectivity index (χ2v) is 5.08. The summed E-state index contributed by atoms with van der Waals surface area (Å²) >= 11 is 6.55. The number of thiocarbonyl (C=S) groups is 1. The molecule has 0 aliphatic rings. The van der Waals surface area contributed by atoms with Crippen LogP contribution in [0.2, 0.25) is 0 Å². The quantitative estimate of drug-likeness (QED) is 0.793. The highest BCUT2D eigenvalue weighted by Crippen LogP contribution is 2.21. The molecule has 1 heterocycles. The van der Waals surface area contributed by atoms with Gasteiger partial charge in [-0.3, -0.25) is 4.79 Å². The third-order valence-corrected chi connectivity index (χ3v) is 3.97. The smallest absolute Gasteiger partial charge is 0.233 e. The molecule has 16 heavy (non-hydrogen) atoms. The molecule has 0 bridgehead atoms. The lowest BCUT2D eigenvalue weighted by molar-refractivity contribution is -0.127. The second kappa shape index (κ2) is 5.41. The molecule has 0 saturated heterocycles. The summed E-state index contributed by atoms with van der Waals surface area (Å²) in [7, 11) is 0. The normalized spacial score (nSPS) is 14.1. The predicted molar refractivity (Wildman–Crippen MR) is 71.3 cm³/mol. The van der Waals surface area contributed by atoms with Crippen LogP contribution >= 0.6 is 23.6 Å². The third kappa shape index (κ3) is 2.80. The van der Waals surface area contributed by atoms with Crippen LogP contribution in [0.4, 0.5) is 0 Å². The summed E-state index contributed by atoms with van der Waals surface area (Å²) in [6, 6.07) is 1.98. The largest absolute Gasteiger partial charge is 0.392 e. The number of rotatable bonds is 5. The minimum atomic E-state index is -0.745. The lowest BCUT2D eigenvalue weighted by atomic mass is 9.86. The van der Waals surface area contributed by atoms with Gasteiger partial charge in [0.2, 0.25) is 5.91 Å². The van der Waals surface area contributed by atoms with Gasteiger partial charge in [-0.25, -0.2) is 0 Å². The molecule has 1 atom stereocenters. The number of hydrogen-bond donors (Lipinski definition) is 2. The molecular formula is C11H16N2OS2. The number of carbonyl (C=O) groups excluding carboxylic acids is 1. The van der Waals surface area contributed by atoms with Gasteiger partial charge in [0.05, 0.1) is 10.4 Å². The standard InChI is InChI=1S/C11H16N2OS2/c1-3-11(2,9(12)15)10(14)13-6-8-4-5-16-7-8/h4-5,7H,3,6H2,1-2H3,(H2,12,15)(H,13,14). The molecule has 88 valence electrons. The Morgan fingerprint density at radius 2 is 2.38 bits per heavy atom. The predicted octanol–water partition coefficient (Wildman–Crippen LogP) is 2.07. The maximum Gasteiger partial charge on any atom is 0.233 e. The first-order valence-corrected chi connectivity index (χ1v) is 6.45. The molecule has 3 N–H and O–H groups in total. The lowest BCUT2D eigenvalue weighted by Gasteiger charge is -2.25. The summed E-state index contributed by atoms with van der Waals surface area (Å²) in [6.45, 7) is 4.21. The molecular weight excluding hydrogens is 240 g/mol. The Morgan fingerprint density at radius 1 is 1.69 bits per heavy atom. The number of amides is 1. The van der Waals surface area contributed by atoms with Crippen molar-refractivity contribution in [2.75, 3.05) is 0 Å². The summed E-state index contributed by atoms with van der Waals surface area (Å²) in [5.41, 5.74) is 5.96. The van der Waals surface area contributed by atoms with Crippen molar-refractivity contribution < 1.29 is 4.79 Å². The lowest BCUT2D eigenvalue weighted by Crippen LogP contribution is -2.46. The molecule has 1 rings (SSSR count).